The van der Waals surface area contributed by atoms with E-state index < -0.39 is 6.04 Å². The predicted molar refractivity (Wildman–Crippen MR) is 77.8 cm³/mol. The van der Waals surface area contributed by atoms with E-state index >= 15 is 0 Å². The minimum atomic E-state index is -0.468. The number of nitrogens with one attached hydrogen (secondary N) is 1. The monoisotopic (exact) mass is 268 g/mol. The summed E-state index contributed by atoms with van der Waals surface area (Å²) in [5, 5.41) is 2.99. The summed E-state index contributed by atoms with van der Waals surface area (Å²) in [6, 6.07) is 3.87. The van der Waals surface area contributed by atoms with Gasteiger partial charge in [0.1, 0.15) is 0 Å². The maximum absolute atomic E-state index is 12.0. The molecular formula is C14H24N2OS. The van der Waals surface area contributed by atoms with Crippen molar-refractivity contribution in [2.75, 3.05) is 0 Å². The van der Waals surface area contributed by atoms with Crippen molar-refractivity contribution in [1.82, 2.24) is 5.32 Å². The smallest absolute Gasteiger partial charge is 0.237 e. The molecule has 0 saturated carbocycles. The van der Waals surface area contributed by atoms with E-state index in [4.69, 9.17) is 5.73 Å². The van der Waals surface area contributed by atoms with Gasteiger partial charge in [-0.3, -0.25) is 4.79 Å². The van der Waals surface area contributed by atoms with Gasteiger partial charge in [-0.15, -0.1) is 11.3 Å². The van der Waals surface area contributed by atoms with Crippen molar-refractivity contribution in [2.24, 2.45) is 11.1 Å². The SMILES string of the molecule is Cc1ccc(CC(C)NC(=O)[C@H](N)C(C)(C)C)s1. The van der Waals surface area contributed by atoms with E-state index in [1.54, 1.807) is 11.3 Å². The normalized spacial score (nSPS) is 15.2. The largest absolute Gasteiger partial charge is 0.352 e. The summed E-state index contributed by atoms with van der Waals surface area (Å²) < 4.78 is 0. The highest BCUT2D eigenvalue weighted by Gasteiger charge is 2.28. The highest BCUT2D eigenvalue weighted by Crippen LogP contribution is 2.19. The van der Waals surface area contributed by atoms with E-state index in [9.17, 15) is 4.79 Å². The molecule has 0 bridgehead atoms. The molecule has 1 rings (SSSR count). The highest BCUT2D eigenvalue weighted by molar-refractivity contribution is 7.11. The number of rotatable bonds is 4. The maximum Gasteiger partial charge on any atom is 0.237 e. The lowest BCUT2D eigenvalue weighted by Gasteiger charge is -2.27. The zero-order chi connectivity index (χ0) is 13.9. The number of hydrogen-bond donors (Lipinski definition) is 2. The Labute approximate surface area is 114 Å². The van der Waals surface area contributed by atoms with Gasteiger partial charge in [-0.1, -0.05) is 20.8 Å². The van der Waals surface area contributed by atoms with Crippen LogP contribution >= 0.6 is 11.3 Å². The van der Waals surface area contributed by atoms with Crippen LogP contribution in [-0.2, 0) is 11.2 Å². The van der Waals surface area contributed by atoms with Gasteiger partial charge in [0.05, 0.1) is 6.04 Å². The number of nitrogens with two attached hydrogens (primary N) is 1. The van der Waals surface area contributed by atoms with E-state index in [-0.39, 0.29) is 17.4 Å². The van der Waals surface area contributed by atoms with E-state index in [0.717, 1.165) is 6.42 Å². The molecule has 0 aliphatic carbocycles. The molecule has 3 N–H and O–H groups in total. The van der Waals surface area contributed by atoms with Gasteiger partial charge in [-0.05, 0) is 31.4 Å². The number of hydrogen-bond acceptors (Lipinski definition) is 3. The Morgan fingerprint density at radius 3 is 2.50 bits per heavy atom. The van der Waals surface area contributed by atoms with Crippen molar-refractivity contribution in [3.8, 4) is 0 Å². The molecule has 1 heterocycles. The molecule has 18 heavy (non-hydrogen) atoms. The van der Waals surface area contributed by atoms with Gasteiger partial charge < -0.3 is 11.1 Å². The van der Waals surface area contributed by atoms with E-state index in [1.165, 1.54) is 9.75 Å². The maximum atomic E-state index is 12.0. The third kappa shape index (κ3) is 4.42. The van der Waals surface area contributed by atoms with Gasteiger partial charge in [0.25, 0.3) is 0 Å². The summed E-state index contributed by atoms with van der Waals surface area (Å²) in [6.07, 6.45) is 0.862. The van der Waals surface area contributed by atoms with E-state index in [2.05, 4.69) is 24.4 Å². The van der Waals surface area contributed by atoms with Crippen LogP contribution in [0, 0.1) is 12.3 Å². The summed E-state index contributed by atoms with van der Waals surface area (Å²) in [6.45, 7) is 10.0. The first kappa shape index (κ1) is 15.2. The number of amides is 1. The van der Waals surface area contributed by atoms with E-state index in [1.807, 2.05) is 27.7 Å². The summed E-state index contributed by atoms with van der Waals surface area (Å²) in [5.41, 5.74) is 5.73. The fourth-order valence-electron chi connectivity index (χ4n) is 1.67. The number of carbonyl (C=O) groups excluding carboxylic acids is 1. The van der Waals surface area contributed by atoms with Crippen molar-refractivity contribution >= 4 is 17.2 Å². The fourth-order valence-corrected chi connectivity index (χ4v) is 2.69. The van der Waals surface area contributed by atoms with E-state index in [0.29, 0.717) is 0 Å². The average molecular weight is 268 g/mol. The summed E-state index contributed by atoms with van der Waals surface area (Å²) in [7, 11) is 0. The van der Waals surface area contributed by atoms with Gasteiger partial charge in [0.15, 0.2) is 0 Å². The number of thiophene rings is 1. The molecule has 1 aromatic rings. The molecule has 1 amide bonds. The quantitative estimate of drug-likeness (QED) is 0.881. The van der Waals surface area contributed by atoms with Crippen LogP contribution in [0.5, 0.6) is 0 Å². The third-order valence-electron chi connectivity index (χ3n) is 2.91. The van der Waals surface area contributed by atoms with Crippen LogP contribution in [0.3, 0.4) is 0 Å². The van der Waals surface area contributed by atoms with Crippen molar-refractivity contribution < 1.29 is 4.79 Å². The van der Waals surface area contributed by atoms with Gasteiger partial charge in [-0.2, -0.15) is 0 Å². The van der Waals surface area contributed by atoms with Crippen LogP contribution in [0.4, 0.5) is 0 Å². The minimum absolute atomic E-state index is 0.0664. The molecule has 0 aliphatic heterocycles. The first-order valence-electron chi connectivity index (χ1n) is 6.31. The third-order valence-corrected chi connectivity index (χ3v) is 3.93. The molecule has 102 valence electrons. The second-order valence-corrected chi connectivity index (χ2v) is 7.34. The molecule has 3 nitrogen and oxygen atoms in total. The summed E-state index contributed by atoms with van der Waals surface area (Å²) >= 11 is 1.77. The Bertz CT molecular complexity index is 406. The number of aryl methyl sites for hydroxylation is 1. The lowest BCUT2D eigenvalue weighted by atomic mass is 9.87. The van der Waals surface area contributed by atoms with Crippen LogP contribution in [-0.4, -0.2) is 18.0 Å². The Balaban J connectivity index is 2.50. The Morgan fingerprint density at radius 1 is 1.44 bits per heavy atom. The molecule has 0 saturated heterocycles. The second-order valence-electron chi connectivity index (χ2n) is 5.97. The van der Waals surface area contributed by atoms with Gasteiger partial charge >= 0.3 is 0 Å². The Hall–Kier alpha value is -0.870. The molecule has 0 fully saturated rings. The first-order valence-corrected chi connectivity index (χ1v) is 7.13. The lowest BCUT2D eigenvalue weighted by molar-refractivity contribution is -0.125. The van der Waals surface area contributed by atoms with Crippen LogP contribution in [0.1, 0.15) is 37.4 Å². The molecule has 2 atom stereocenters. The van der Waals surface area contributed by atoms with Crippen molar-refractivity contribution in [2.45, 2.75) is 53.1 Å². The van der Waals surface area contributed by atoms with Crippen LogP contribution in [0.25, 0.3) is 0 Å². The van der Waals surface area contributed by atoms with Crippen LogP contribution < -0.4 is 11.1 Å². The molecule has 0 aromatic carbocycles. The van der Waals surface area contributed by atoms with Crippen molar-refractivity contribution in [3.63, 3.8) is 0 Å². The number of carbonyl (C=O) groups is 1. The minimum Gasteiger partial charge on any atom is -0.352 e. The lowest BCUT2D eigenvalue weighted by Crippen LogP contribution is -2.51. The van der Waals surface area contributed by atoms with Crippen LogP contribution in [0.15, 0.2) is 12.1 Å². The second kappa shape index (κ2) is 5.85. The average Bonchev–Trinajstić information content (AvgIpc) is 2.61. The molecule has 0 aliphatic rings. The van der Waals surface area contributed by atoms with Crippen molar-refractivity contribution in [3.05, 3.63) is 21.9 Å². The van der Waals surface area contributed by atoms with Gasteiger partial charge in [-0.25, -0.2) is 0 Å². The molecule has 1 unspecified atom stereocenters. The molecule has 4 heteroatoms. The van der Waals surface area contributed by atoms with Crippen molar-refractivity contribution in [1.29, 1.82) is 0 Å². The zero-order valence-electron chi connectivity index (χ0n) is 11.9. The summed E-state index contributed by atoms with van der Waals surface area (Å²) in [4.78, 5) is 14.6. The van der Waals surface area contributed by atoms with Gasteiger partial charge in [0, 0.05) is 22.2 Å². The topological polar surface area (TPSA) is 55.1 Å². The fraction of sp³-hybridized carbons (Fsp3) is 0.643. The molecular weight excluding hydrogens is 244 g/mol. The molecule has 0 spiro atoms. The molecule has 0 radical (unpaired) electrons. The predicted octanol–water partition coefficient (Wildman–Crippen LogP) is 2.48. The van der Waals surface area contributed by atoms with Gasteiger partial charge in [0.2, 0.25) is 5.91 Å². The van der Waals surface area contributed by atoms with Crippen LogP contribution in [0.2, 0.25) is 0 Å². The molecule has 1 aromatic heterocycles. The highest BCUT2D eigenvalue weighted by atomic mass is 32.1. The zero-order valence-corrected chi connectivity index (χ0v) is 12.7. The summed E-state index contributed by atoms with van der Waals surface area (Å²) in [5.74, 6) is -0.0664. The Kier molecular flexibility index (Phi) is 4.93. The standard InChI is InChI=1S/C14H24N2OS/c1-9(8-11-7-6-10(2)18-11)16-13(17)12(15)14(3,4)5/h6-7,9,12H,8,15H2,1-5H3,(H,16,17)/t9?,12-/m0/s1. The first-order chi connectivity index (χ1) is 8.20. The Morgan fingerprint density at radius 2 is 2.06 bits per heavy atom.